The molecule has 0 aromatic heterocycles. The zero-order valence-electron chi connectivity index (χ0n) is 13.7. The van der Waals surface area contributed by atoms with Gasteiger partial charge in [0.05, 0.1) is 4.90 Å². The second-order valence-electron chi connectivity index (χ2n) is 5.45. The van der Waals surface area contributed by atoms with E-state index in [1.807, 2.05) is 19.1 Å². The Morgan fingerprint density at radius 3 is 2.50 bits per heavy atom. The highest BCUT2D eigenvalue weighted by Crippen LogP contribution is 2.24. The van der Waals surface area contributed by atoms with Crippen molar-refractivity contribution in [2.75, 3.05) is 17.1 Å². The van der Waals surface area contributed by atoms with Crippen LogP contribution in [0.5, 0.6) is 0 Å². The lowest BCUT2D eigenvalue weighted by Gasteiger charge is -2.16. The molecule has 0 saturated carbocycles. The number of sulfonamides is 1. The lowest BCUT2D eigenvalue weighted by Crippen LogP contribution is -2.20. The Hall–Kier alpha value is -2.09. The van der Waals surface area contributed by atoms with Crippen LogP contribution in [0.15, 0.2) is 47.4 Å². The van der Waals surface area contributed by atoms with Gasteiger partial charge in [0.1, 0.15) is 0 Å². The normalized spacial score (nSPS) is 12.8. The summed E-state index contributed by atoms with van der Waals surface area (Å²) >= 11 is 0. The van der Waals surface area contributed by atoms with Crippen molar-refractivity contribution < 1.29 is 18.3 Å². The van der Waals surface area contributed by atoms with Crippen molar-refractivity contribution in [2.24, 2.45) is 0 Å². The van der Waals surface area contributed by atoms with E-state index in [2.05, 4.69) is 4.72 Å². The second kappa shape index (κ2) is 7.65. The van der Waals surface area contributed by atoms with Crippen molar-refractivity contribution in [3.05, 3.63) is 53.6 Å². The number of aryl methyl sites for hydroxylation is 1. The molecule has 6 nitrogen and oxygen atoms in total. The molecule has 0 aliphatic carbocycles. The van der Waals surface area contributed by atoms with Crippen LogP contribution in [-0.4, -0.2) is 26.4 Å². The molecule has 1 atom stereocenters. The summed E-state index contributed by atoms with van der Waals surface area (Å²) in [6.07, 6.45) is -1.02. The summed E-state index contributed by atoms with van der Waals surface area (Å²) in [7, 11) is -3.84. The minimum absolute atomic E-state index is 0.0295. The predicted octanol–water partition coefficient (Wildman–Crippen LogP) is 2.28. The van der Waals surface area contributed by atoms with Gasteiger partial charge in [-0.05, 0) is 43.7 Å². The number of aliphatic hydroxyl groups is 1. The Morgan fingerprint density at radius 1 is 1.21 bits per heavy atom. The Kier molecular flexibility index (Phi) is 5.82. The molecule has 0 heterocycles. The van der Waals surface area contributed by atoms with E-state index in [4.69, 9.17) is 10.5 Å². The molecule has 2 rings (SSSR count). The first-order valence-electron chi connectivity index (χ1n) is 7.59. The lowest BCUT2D eigenvalue weighted by molar-refractivity contribution is -0.0930. The van der Waals surface area contributed by atoms with E-state index < -0.39 is 16.3 Å². The van der Waals surface area contributed by atoms with Gasteiger partial charge >= 0.3 is 0 Å². The van der Waals surface area contributed by atoms with Crippen molar-refractivity contribution in [1.29, 1.82) is 0 Å². The fourth-order valence-electron chi connectivity index (χ4n) is 2.26. The minimum atomic E-state index is -3.84. The van der Waals surface area contributed by atoms with Crippen molar-refractivity contribution in [1.82, 2.24) is 0 Å². The minimum Gasteiger partial charge on any atom is -0.399 e. The Bertz CT molecular complexity index is 789. The fraction of sp³-hybridized carbons (Fsp3) is 0.294. The Morgan fingerprint density at radius 2 is 1.88 bits per heavy atom. The number of ether oxygens (including phenoxy) is 1. The molecule has 0 amide bonds. The van der Waals surface area contributed by atoms with Crippen LogP contribution in [0.1, 0.15) is 18.1 Å². The molecule has 7 heteroatoms. The maximum Gasteiger partial charge on any atom is 0.262 e. The van der Waals surface area contributed by atoms with Gasteiger partial charge in [-0.15, -0.1) is 0 Å². The molecule has 0 radical (unpaired) electrons. The second-order valence-corrected chi connectivity index (χ2v) is 7.10. The summed E-state index contributed by atoms with van der Waals surface area (Å²) in [6, 6.07) is 11.6. The predicted molar refractivity (Wildman–Crippen MR) is 94.2 cm³/mol. The first kappa shape index (κ1) is 18.3. The van der Waals surface area contributed by atoms with Crippen molar-refractivity contribution in [3.8, 4) is 0 Å². The highest BCUT2D eigenvalue weighted by atomic mass is 32.2. The summed E-state index contributed by atoms with van der Waals surface area (Å²) in [5, 5.41) is 9.81. The number of anilines is 2. The summed E-state index contributed by atoms with van der Waals surface area (Å²) in [5.74, 6) is 0. The van der Waals surface area contributed by atoms with Crippen LogP contribution in [0.2, 0.25) is 0 Å². The maximum atomic E-state index is 12.7. The summed E-state index contributed by atoms with van der Waals surface area (Å²) in [4.78, 5) is 0.0295. The van der Waals surface area contributed by atoms with Crippen LogP contribution in [0, 0.1) is 6.92 Å². The zero-order valence-corrected chi connectivity index (χ0v) is 14.5. The van der Waals surface area contributed by atoms with E-state index in [-0.39, 0.29) is 11.3 Å². The number of aliphatic hydroxyl groups excluding tert-OH is 1. The number of hydrogen-bond acceptors (Lipinski definition) is 5. The molecule has 24 heavy (non-hydrogen) atoms. The van der Waals surface area contributed by atoms with E-state index in [1.54, 1.807) is 31.2 Å². The fourth-order valence-corrected chi connectivity index (χ4v) is 3.61. The van der Waals surface area contributed by atoms with Gasteiger partial charge in [0.25, 0.3) is 10.0 Å². The molecule has 0 aliphatic heterocycles. The van der Waals surface area contributed by atoms with E-state index in [9.17, 15) is 13.5 Å². The van der Waals surface area contributed by atoms with Crippen LogP contribution in [0.4, 0.5) is 11.4 Å². The number of nitrogens with two attached hydrogens (primary N) is 1. The topological polar surface area (TPSA) is 102 Å². The monoisotopic (exact) mass is 350 g/mol. The number of nitrogens with one attached hydrogen (secondary N) is 1. The van der Waals surface area contributed by atoms with E-state index in [0.29, 0.717) is 23.5 Å². The quantitative estimate of drug-likeness (QED) is 0.525. The Labute approximate surface area is 142 Å². The summed E-state index contributed by atoms with van der Waals surface area (Å²) < 4.78 is 33.0. The molecular formula is C17H22N2O4S. The third-order valence-electron chi connectivity index (χ3n) is 3.44. The van der Waals surface area contributed by atoms with Gasteiger partial charge in [-0.2, -0.15) is 0 Å². The van der Waals surface area contributed by atoms with Crippen molar-refractivity contribution in [3.63, 3.8) is 0 Å². The smallest absolute Gasteiger partial charge is 0.262 e. The van der Waals surface area contributed by atoms with Gasteiger partial charge in [-0.25, -0.2) is 8.42 Å². The van der Waals surface area contributed by atoms with Crippen molar-refractivity contribution >= 4 is 21.4 Å². The van der Waals surface area contributed by atoms with Gasteiger partial charge < -0.3 is 15.6 Å². The van der Waals surface area contributed by atoms with Gasteiger partial charge in [-0.1, -0.05) is 23.8 Å². The molecule has 1 unspecified atom stereocenters. The molecule has 0 saturated heterocycles. The Balaban J connectivity index is 2.34. The van der Waals surface area contributed by atoms with Crippen molar-refractivity contribution in [2.45, 2.75) is 31.5 Å². The molecule has 0 bridgehead atoms. The first-order chi connectivity index (χ1) is 11.3. The molecular weight excluding hydrogens is 328 g/mol. The van der Waals surface area contributed by atoms with Gasteiger partial charge in [0.2, 0.25) is 0 Å². The SMILES string of the molecule is CCOC(O)Cc1ccc(N)cc1S(=O)(=O)Nc1ccc(C)cc1. The molecule has 130 valence electrons. The standard InChI is InChI=1S/C17H22N2O4S/c1-3-23-17(20)10-13-6-7-14(18)11-16(13)24(21,22)19-15-8-4-12(2)5-9-15/h4-9,11,17,19-20H,3,10,18H2,1-2H3. The van der Waals surface area contributed by atoms with Gasteiger partial charge in [0.15, 0.2) is 6.29 Å². The third kappa shape index (κ3) is 4.70. The highest BCUT2D eigenvalue weighted by Gasteiger charge is 2.21. The zero-order chi connectivity index (χ0) is 17.7. The number of rotatable bonds is 7. The number of hydrogen-bond donors (Lipinski definition) is 3. The van der Waals surface area contributed by atoms with Crippen LogP contribution in [-0.2, 0) is 21.2 Å². The average molecular weight is 350 g/mol. The molecule has 2 aromatic rings. The largest absolute Gasteiger partial charge is 0.399 e. The van der Waals surface area contributed by atoms with Gasteiger partial charge in [0, 0.05) is 24.4 Å². The number of benzene rings is 2. The van der Waals surface area contributed by atoms with E-state index in [0.717, 1.165) is 5.56 Å². The molecule has 0 fully saturated rings. The molecule has 0 spiro atoms. The van der Waals surface area contributed by atoms with E-state index in [1.165, 1.54) is 6.07 Å². The average Bonchev–Trinajstić information content (AvgIpc) is 2.51. The number of nitrogen functional groups attached to an aromatic ring is 1. The van der Waals surface area contributed by atoms with E-state index >= 15 is 0 Å². The summed E-state index contributed by atoms with van der Waals surface area (Å²) in [6.45, 7) is 4.01. The van der Waals surface area contributed by atoms with Crippen LogP contribution >= 0.6 is 0 Å². The lowest BCUT2D eigenvalue weighted by atomic mass is 10.1. The first-order valence-corrected chi connectivity index (χ1v) is 9.07. The molecule has 2 aromatic carbocycles. The van der Waals surface area contributed by atoms with Crippen LogP contribution in [0.3, 0.4) is 0 Å². The molecule has 0 aliphatic rings. The van der Waals surface area contributed by atoms with Gasteiger partial charge in [-0.3, -0.25) is 4.72 Å². The summed E-state index contributed by atoms with van der Waals surface area (Å²) in [5.41, 5.74) is 7.99. The maximum absolute atomic E-state index is 12.7. The van der Waals surface area contributed by atoms with Crippen LogP contribution < -0.4 is 10.5 Å². The highest BCUT2D eigenvalue weighted by molar-refractivity contribution is 7.92. The molecule has 4 N–H and O–H groups in total. The van der Waals surface area contributed by atoms with Crippen LogP contribution in [0.25, 0.3) is 0 Å². The third-order valence-corrected chi connectivity index (χ3v) is 4.90.